The number of hydrogen-bond acceptors (Lipinski definition) is 3. The molecule has 0 atom stereocenters. The van der Waals surface area contributed by atoms with Gasteiger partial charge in [0.15, 0.2) is 0 Å². The normalized spacial score (nSPS) is 11.1. The fourth-order valence-corrected chi connectivity index (χ4v) is 2.09. The van der Waals surface area contributed by atoms with Crippen molar-refractivity contribution in [3.63, 3.8) is 0 Å². The van der Waals surface area contributed by atoms with Gasteiger partial charge in [-0.05, 0) is 49.6 Å². The smallest absolute Gasteiger partial charge is 0.0641 e. The molecule has 3 nitrogen and oxygen atoms in total. The first-order valence-electron chi connectivity index (χ1n) is 7.63. The Balaban J connectivity index is 2.53. The lowest BCUT2D eigenvalue weighted by molar-refractivity contribution is 0.154. The molecule has 1 rings (SSSR count). The van der Waals surface area contributed by atoms with E-state index in [0.717, 1.165) is 32.8 Å². The Morgan fingerprint density at radius 3 is 2.65 bits per heavy atom. The van der Waals surface area contributed by atoms with Gasteiger partial charge in [0.2, 0.25) is 0 Å². The highest BCUT2D eigenvalue weighted by Crippen LogP contribution is 2.18. The van der Waals surface area contributed by atoms with Crippen molar-refractivity contribution >= 4 is 5.69 Å². The van der Waals surface area contributed by atoms with Crippen molar-refractivity contribution in [2.45, 2.75) is 34.2 Å². The first kappa shape index (κ1) is 17.0. The van der Waals surface area contributed by atoms with Crippen molar-refractivity contribution in [1.29, 1.82) is 0 Å². The van der Waals surface area contributed by atoms with E-state index < -0.39 is 0 Å². The van der Waals surface area contributed by atoms with Crippen molar-refractivity contribution in [1.82, 2.24) is 5.32 Å². The Bertz CT molecular complexity index is 391. The first-order chi connectivity index (χ1) is 9.54. The molecule has 0 bridgehead atoms. The number of rotatable bonds is 9. The van der Waals surface area contributed by atoms with Gasteiger partial charge in [-0.1, -0.05) is 19.9 Å². The van der Waals surface area contributed by atoms with Crippen LogP contribution in [-0.2, 0) is 11.3 Å². The van der Waals surface area contributed by atoms with E-state index in [4.69, 9.17) is 4.74 Å². The summed E-state index contributed by atoms with van der Waals surface area (Å²) in [7, 11) is 2.12. The van der Waals surface area contributed by atoms with Gasteiger partial charge in [0.05, 0.1) is 6.61 Å². The van der Waals surface area contributed by atoms with Gasteiger partial charge in [0, 0.05) is 32.4 Å². The molecule has 0 heterocycles. The standard InChI is InChI=1S/C17H30N2O/c1-6-20-10-9-19(5)17-8-7-16(15(4)11-17)13-18-12-14(2)3/h7-8,11,14,18H,6,9-10,12-13H2,1-5H3. The molecule has 114 valence electrons. The highest BCUT2D eigenvalue weighted by atomic mass is 16.5. The number of hydrogen-bond donors (Lipinski definition) is 1. The molecular weight excluding hydrogens is 248 g/mol. The summed E-state index contributed by atoms with van der Waals surface area (Å²) < 4.78 is 5.40. The molecule has 0 unspecified atom stereocenters. The fourth-order valence-electron chi connectivity index (χ4n) is 2.09. The van der Waals surface area contributed by atoms with Crippen molar-refractivity contribution in [3.8, 4) is 0 Å². The summed E-state index contributed by atoms with van der Waals surface area (Å²) in [6.07, 6.45) is 0. The maximum Gasteiger partial charge on any atom is 0.0641 e. The molecule has 0 aliphatic rings. The van der Waals surface area contributed by atoms with E-state index in [1.165, 1.54) is 16.8 Å². The van der Waals surface area contributed by atoms with E-state index >= 15 is 0 Å². The molecule has 3 heteroatoms. The van der Waals surface area contributed by atoms with Gasteiger partial charge >= 0.3 is 0 Å². The number of ether oxygens (including phenoxy) is 1. The van der Waals surface area contributed by atoms with Crippen LogP contribution in [0.4, 0.5) is 5.69 Å². The molecule has 0 saturated heterocycles. The molecule has 20 heavy (non-hydrogen) atoms. The molecule has 0 fully saturated rings. The topological polar surface area (TPSA) is 24.5 Å². The van der Waals surface area contributed by atoms with E-state index in [-0.39, 0.29) is 0 Å². The van der Waals surface area contributed by atoms with Gasteiger partial charge in [-0.2, -0.15) is 0 Å². The van der Waals surface area contributed by atoms with Crippen LogP contribution in [-0.4, -0.2) is 33.4 Å². The number of nitrogens with zero attached hydrogens (tertiary/aromatic N) is 1. The van der Waals surface area contributed by atoms with E-state index in [1.807, 2.05) is 6.92 Å². The second kappa shape index (κ2) is 8.98. The van der Waals surface area contributed by atoms with Crippen LogP contribution in [0.25, 0.3) is 0 Å². The molecule has 0 saturated carbocycles. The van der Waals surface area contributed by atoms with Gasteiger partial charge in [-0.15, -0.1) is 0 Å². The van der Waals surface area contributed by atoms with Crippen LogP contribution in [0, 0.1) is 12.8 Å². The van der Waals surface area contributed by atoms with E-state index in [1.54, 1.807) is 0 Å². The minimum absolute atomic E-state index is 0.694. The van der Waals surface area contributed by atoms with Crippen molar-refractivity contribution in [2.75, 3.05) is 38.3 Å². The van der Waals surface area contributed by atoms with Crippen LogP contribution in [0.1, 0.15) is 31.9 Å². The summed E-state index contributed by atoms with van der Waals surface area (Å²) in [6, 6.07) is 6.69. The Labute approximate surface area is 124 Å². The third kappa shape index (κ3) is 5.93. The highest BCUT2D eigenvalue weighted by molar-refractivity contribution is 5.50. The Hall–Kier alpha value is -1.06. The van der Waals surface area contributed by atoms with Crippen LogP contribution in [0.3, 0.4) is 0 Å². The monoisotopic (exact) mass is 278 g/mol. The zero-order chi connectivity index (χ0) is 15.0. The van der Waals surface area contributed by atoms with Crippen molar-refractivity contribution in [3.05, 3.63) is 29.3 Å². The minimum atomic E-state index is 0.694. The van der Waals surface area contributed by atoms with E-state index in [9.17, 15) is 0 Å². The lowest BCUT2D eigenvalue weighted by atomic mass is 10.1. The van der Waals surface area contributed by atoms with Crippen LogP contribution in [0.5, 0.6) is 0 Å². The molecule has 1 aromatic rings. The predicted molar refractivity (Wildman–Crippen MR) is 87.5 cm³/mol. The van der Waals surface area contributed by atoms with Crippen LogP contribution in [0.15, 0.2) is 18.2 Å². The SMILES string of the molecule is CCOCCN(C)c1ccc(CNCC(C)C)c(C)c1. The van der Waals surface area contributed by atoms with Crippen molar-refractivity contribution < 1.29 is 4.74 Å². The summed E-state index contributed by atoms with van der Waals surface area (Å²) in [6.45, 7) is 13.2. The number of anilines is 1. The summed E-state index contributed by atoms with van der Waals surface area (Å²) in [5.74, 6) is 0.694. The molecule has 0 aromatic heterocycles. The van der Waals surface area contributed by atoms with Crippen molar-refractivity contribution in [2.24, 2.45) is 5.92 Å². The lowest BCUT2D eigenvalue weighted by Gasteiger charge is -2.20. The van der Waals surface area contributed by atoms with Gasteiger partial charge < -0.3 is 15.0 Å². The molecule has 0 amide bonds. The Kier molecular flexibility index (Phi) is 7.63. The highest BCUT2D eigenvalue weighted by Gasteiger charge is 2.04. The third-order valence-corrected chi connectivity index (χ3v) is 3.41. The number of aryl methyl sites for hydroxylation is 1. The Morgan fingerprint density at radius 1 is 1.30 bits per heavy atom. The lowest BCUT2D eigenvalue weighted by Crippen LogP contribution is -2.23. The summed E-state index contributed by atoms with van der Waals surface area (Å²) in [4.78, 5) is 2.24. The van der Waals surface area contributed by atoms with Crippen LogP contribution < -0.4 is 10.2 Å². The van der Waals surface area contributed by atoms with Gasteiger partial charge in [-0.3, -0.25) is 0 Å². The molecule has 0 radical (unpaired) electrons. The van der Waals surface area contributed by atoms with E-state index in [0.29, 0.717) is 5.92 Å². The quantitative estimate of drug-likeness (QED) is 0.702. The number of nitrogens with one attached hydrogen (secondary N) is 1. The molecule has 1 N–H and O–H groups in total. The fraction of sp³-hybridized carbons (Fsp3) is 0.647. The third-order valence-electron chi connectivity index (χ3n) is 3.41. The predicted octanol–water partition coefficient (Wildman–Crippen LogP) is 3.21. The maximum absolute atomic E-state index is 5.40. The van der Waals surface area contributed by atoms with Crippen LogP contribution >= 0.6 is 0 Å². The molecular formula is C17H30N2O. The molecule has 0 aliphatic heterocycles. The minimum Gasteiger partial charge on any atom is -0.380 e. The largest absolute Gasteiger partial charge is 0.380 e. The van der Waals surface area contributed by atoms with Gasteiger partial charge in [0.25, 0.3) is 0 Å². The van der Waals surface area contributed by atoms with Gasteiger partial charge in [-0.25, -0.2) is 0 Å². The number of likely N-dealkylation sites (N-methyl/N-ethyl adjacent to an activating group) is 1. The first-order valence-corrected chi connectivity index (χ1v) is 7.63. The zero-order valence-electron chi connectivity index (χ0n) is 13.7. The zero-order valence-corrected chi connectivity index (χ0v) is 13.7. The average Bonchev–Trinajstić information content (AvgIpc) is 2.40. The average molecular weight is 278 g/mol. The van der Waals surface area contributed by atoms with Crippen LogP contribution in [0.2, 0.25) is 0 Å². The Morgan fingerprint density at radius 2 is 2.05 bits per heavy atom. The summed E-state index contributed by atoms with van der Waals surface area (Å²) >= 11 is 0. The molecule has 0 spiro atoms. The maximum atomic E-state index is 5.40. The molecule has 1 aromatic carbocycles. The second-order valence-electron chi connectivity index (χ2n) is 5.75. The molecule has 0 aliphatic carbocycles. The summed E-state index contributed by atoms with van der Waals surface area (Å²) in [5.41, 5.74) is 3.99. The second-order valence-corrected chi connectivity index (χ2v) is 5.75. The van der Waals surface area contributed by atoms with E-state index in [2.05, 4.69) is 56.2 Å². The van der Waals surface area contributed by atoms with Gasteiger partial charge in [0.1, 0.15) is 0 Å². The number of benzene rings is 1. The summed E-state index contributed by atoms with van der Waals surface area (Å²) in [5, 5.41) is 3.50.